The molecule has 27 heavy (non-hydrogen) atoms. The number of hydrogen-bond acceptors (Lipinski definition) is 4. The van der Waals surface area contributed by atoms with Crippen LogP contribution in [0.5, 0.6) is 5.75 Å². The third kappa shape index (κ3) is 4.63. The zero-order valence-electron chi connectivity index (χ0n) is 14.4. The third-order valence-corrected chi connectivity index (χ3v) is 5.80. The highest BCUT2D eigenvalue weighted by molar-refractivity contribution is 7.91. The Labute approximate surface area is 156 Å². The molecule has 0 aromatic heterocycles. The number of halogens is 2. The van der Waals surface area contributed by atoms with Crippen molar-refractivity contribution in [2.45, 2.75) is 42.4 Å². The van der Waals surface area contributed by atoms with Crippen molar-refractivity contribution in [2.75, 3.05) is 5.32 Å². The molecule has 0 unspecified atom stereocenters. The summed E-state index contributed by atoms with van der Waals surface area (Å²) in [4.78, 5) is 11.7. The molecule has 0 saturated heterocycles. The van der Waals surface area contributed by atoms with E-state index in [0.29, 0.717) is 5.69 Å². The Kier molecular flexibility index (Phi) is 5.74. The second-order valence-electron chi connectivity index (χ2n) is 6.33. The molecule has 1 saturated carbocycles. The van der Waals surface area contributed by atoms with E-state index in [4.69, 9.17) is 4.74 Å². The van der Waals surface area contributed by atoms with Crippen LogP contribution in [0.2, 0.25) is 0 Å². The molecule has 1 amide bonds. The molecule has 0 bridgehead atoms. The Morgan fingerprint density at radius 2 is 1.59 bits per heavy atom. The van der Waals surface area contributed by atoms with Crippen LogP contribution in [0.3, 0.4) is 0 Å². The quantitative estimate of drug-likeness (QED) is 0.793. The van der Waals surface area contributed by atoms with Crippen LogP contribution in [-0.4, -0.2) is 26.2 Å². The molecule has 2 aromatic rings. The summed E-state index contributed by atoms with van der Waals surface area (Å²) in [5.74, 6) is -3.23. The molecule has 1 aliphatic carbocycles. The number of nitrogens with one attached hydrogen (secondary N) is 1. The highest BCUT2D eigenvalue weighted by Gasteiger charge is 2.26. The van der Waals surface area contributed by atoms with Gasteiger partial charge in [-0.3, -0.25) is 4.79 Å². The highest BCUT2D eigenvalue weighted by Crippen LogP contribution is 2.25. The van der Waals surface area contributed by atoms with E-state index in [2.05, 4.69) is 5.32 Å². The van der Waals surface area contributed by atoms with Gasteiger partial charge in [0.25, 0.3) is 5.91 Å². The Balaban J connectivity index is 1.63. The number of benzene rings is 2. The second-order valence-corrected chi connectivity index (χ2v) is 8.25. The van der Waals surface area contributed by atoms with E-state index in [1.54, 1.807) is 24.3 Å². The van der Waals surface area contributed by atoms with Gasteiger partial charge in [-0.15, -0.1) is 0 Å². The van der Waals surface area contributed by atoms with Crippen LogP contribution in [0.15, 0.2) is 53.4 Å². The van der Waals surface area contributed by atoms with Crippen LogP contribution < -0.4 is 10.1 Å². The SMILES string of the molecule is O=C(Nc1ccc(OC2CCCC2)cc1)c1ccc(S(=O)(=O)C(F)F)cc1. The molecule has 5 nitrogen and oxygen atoms in total. The van der Waals surface area contributed by atoms with E-state index in [1.807, 2.05) is 0 Å². The molecule has 0 radical (unpaired) electrons. The molecule has 0 aliphatic heterocycles. The summed E-state index contributed by atoms with van der Waals surface area (Å²) in [7, 11) is -4.67. The number of amides is 1. The summed E-state index contributed by atoms with van der Waals surface area (Å²) < 4.78 is 53.7. The van der Waals surface area contributed by atoms with Crippen molar-refractivity contribution >= 4 is 21.4 Å². The first-order valence-corrected chi connectivity index (χ1v) is 10.1. The average molecular weight is 395 g/mol. The molecule has 8 heteroatoms. The molecule has 0 atom stereocenters. The summed E-state index contributed by atoms with van der Waals surface area (Å²) in [6, 6.07) is 11.3. The first-order valence-electron chi connectivity index (χ1n) is 8.56. The number of rotatable bonds is 6. The van der Waals surface area contributed by atoms with Crippen LogP contribution in [0.1, 0.15) is 36.0 Å². The lowest BCUT2D eigenvalue weighted by molar-refractivity contribution is 0.102. The molecule has 2 aromatic carbocycles. The molecular formula is C19H19F2NO4S. The summed E-state index contributed by atoms with van der Waals surface area (Å²) >= 11 is 0. The van der Waals surface area contributed by atoms with Crippen LogP contribution >= 0.6 is 0 Å². The summed E-state index contributed by atoms with van der Waals surface area (Å²) in [6.07, 6.45) is 4.70. The standard InChI is InChI=1S/C19H19F2NO4S/c20-19(21)27(24,25)17-11-5-13(6-12-17)18(23)22-14-7-9-16(10-8-14)26-15-3-1-2-4-15/h5-12,15,19H,1-4H2,(H,22,23). The number of carbonyl (C=O) groups is 1. The zero-order chi connectivity index (χ0) is 19.4. The molecule has 0 heterocycles. The fraction of sp³-hybridized carbons (Fsp3) is 0.316. The lowest BCUT2D eigenvalue weighted by atomic mass is 10.2. The maximum Gasteiger partial charge on any atom is 0.341 e. The van der Waals surface area contributed by atoms with Crippen molar-refractivity contribution in [3.05, 3.63) is 54.1 Å². The Morgan fingerprint density at radius 1 is 1.00 bits per heavy atom. The molecule has 0 spiro atoms. The maximum atomic E-state index is 12.5. The fourth-order valence-electron chi connectivity index (χ4n) is 2.92. The van der Waals surface area contributed by atoms with Crippen molar-refractivity contribution in [1.29, 1.82) is 0 Å². The third-order valence-electron chi connectivity index (χ3n) is 4.40. The van der Waals surface area contributed by atoms with Gasteiger partial charge in [-0.2, -0.15) is 8.78 Å². The summed E-state index contributed by atoms with van der Waals surface area (Å²) in [6.45, 7) is 0. The Bertz CT molecular complexity index is 890. The Hall–Kier alpha value is -2.48. The molecular weight excluding hydrogens is 376 g/mol. The molecule has 1 aliphatic rings. The van der Waals surface area contributed by atoms with Crippen LogP contribution in [0.25, 0.3) is 0 Å². The van der Waals surface area contributed by atoms with Gasteiger partial charge in [0.2, 0.25) is 9.84 Å². The van der Waals surface area contributed by atoms with Gasteiger partial charge >= 0.3 is 5.76 Å². The first kappa shape index (κ1) is 19.3. The second kappa shape index (κ2) is 8.04. The van der Waals surface area contributed by atoms with Crippen LogP contribution in [0, 0.1) is 0 Å². The van der Waals surface area contributed by atoms with Gasteiger partial charge in [0.15, 0.2) is 0 Å². The molecule has 3 rings (SSSR count). The van der Waals surface area contributed by atoms with E-state index >= 15 is 0 Å². The molecule has 1 fully saturated rings. The minimum atomic E-state index is -4.67. The number of anilines is 1. The summed E-state index contributed by atoms with van der Waals surface area (Å²) in [5.41, 5.74) is 0.706. The van der Waals surface area contributed by atoms with Gasteiger partial charge in [0.05, 0.1) is 11.0 Å². The van der Waals surface area contributed by atoms with Gasteiger partial charge in [-0.1, -0.05) is 0 Å². The van der Waals surface area contributed by atoms with E-state index < -0.39 is 26.4 Å². The predicted octanol–water partition coefficient (Wildman–Crippen LogP) is 4.26. The topological polar surface area (TPSA) is 72.5 Å². The number of alkyl halides is 2. The van der Waals surface area contributed by atoms with Crippen molar-refractivity contribution < 1.29 is 26.7 Å². The van der Waals surface area contributed by atoms with E-state index in [-0.39, 0.29) is 11.7 Å². The van der Waals surface area contributed by atoms with Gasteiger partial charge in [0.1, 0.15) is 5.75 Å². The fourth-order valence-corrected chi connectivity index (χ4v) is 3.64. The summed E-state index contributed by atoms with van der Waals surface area (Å²) in [5, 5.41) is 2.67. The smallest absolute Gasteiger partial charge is 0.341 e. The van der Waals surface area contributed by atoms with Gasteiger partial charge in [0, 0.05) is 11.3 Å². The molecule has 144 valence electrons. The maximum absolute atomic E-state index is 12.5. The highest BCUT2D eigenvalue weighted by atomic mass is 32.2. The average Bonchev–Trinajstić information content (AvgIpc) is 3.16. The van der Waals surface area contributed by atoms with E-state index in [0.717, 1.165) is 30.7 Å². The largest absolute Gasteiger partial charge is 0.490 e. The number of carbonyl (C=O) groups excluding carboxylic acids is 1. The first-order chi connectivity index (χ1) is 12.9. The Morgan fingerprint density at radius 3 is 2.15 bits per heavy atom. The van der Waals surface area contributed by atoms with Crippen molar-refractivity contribution in [3.8, 4) is 5.75 Å². The van der Waals surface area contributed by atoms with Crippen LogP contribution in [0.4, 0.5) is 14.5 Å². The van der Waals surface area contributed by atoms with Gasteiger partial charge in [-0.05, 0) is 74.2 Å². The van der Waals surface area contributed by atoms with Crippen molar-refractivity contribution in [2.24, 2.45) is 0 Å². The predicted molar refractivity (Wildman–Crippen MR) is 96.9 cm³/mol. The van der Waals surface area contributed by atoms with Crippen molar-refractivity contribution in [1.82, 2.24) is 0 Å². The number of ether oxygens (including phenoxy) is 1. The molecule has 1 N–H and O–H groups in total. The van der Waals surface area contributed by atoms with Gasteiger partial charge < -0.3 is 10.1 Å². The van der Waals surface area contributed by atoms with Crippen LogP contribution in [-0.2, 0) is 9.84 Å². The normalized spacial score (nSPS) is 15.1. The van der Waals surface area contributed by atoms with E-state index in [1.165, 1.54) is 25.0 Å². The van der Waals surface area contributed by atoms with Crippen molar-refractivity contribution in [3.63, 3.8) is 0 Å². The van der Waals surface area contributed by atoms with E-state index in [9.17, 15) is 22.0 Å². The monoisotopic (exact) mass is 395 g/mol. The number of hydrogen-bond donors (Lipinski definition) is 1. The minimum absolute atomic E-state index is 0.162. The lowest BCUT2D eigenvalue weighted by Gasteiger charge is -2.13. The minimum Gasteiger partial charge on any atom is -0.490 e. The number of sulfone groups is 1. The zero-order valence-corrected chi connectivity index (χ0v) is 15.2. The van der Waals surface area contributed by atoms with Gasteiger partial charge in [-0.25, -0.2) is 8.42 Å². The lowest BCUT2D eigenvalue weighted by Crippen LogP contribution is -2.14.